The van der Waals surface area contributed by atoms with Crippen molar-refractivity contribution in [1.29, 1.82) is 0 Å². The second-order valence-electron chi connectivity index (χ2n) is 3.61. The van der Waals surface area contributed by atoms with Crippen LogP contribution in [0.4, 0.5) is 5.69 Å². The summed E-state index contributed by atoms with van der Waals surface area (Å²) in [4.78, 5) is 15.7. The Morgan fingerprint density at radius 1 is 1.18 bits per heavy atom. The zero-order valence-electron chi connectivity index (χ0n) is 9.21. The molecule has 0 bridgehead atoms. The summed E-state index contributed by atoms with van der Waals surface area (Å²) in [5.41, 5.74) is 7.73. The first-order valence-electron chi connectivity index (χ1n) is 5.24. The topological polar surface area (TPSA) is 56.0 Å². The van der Waals surface area contributed by atoms with Gasteiger partial charge in [-0.2, -0.15) is 0 Å². The van der Waals surface area contributed by atoms with Crippen LogP contribution in [0.25, 0.3) is 6.08 Å². The number of allylic oxidation sites excluding steroid dienone is 1. The van der Waals surface area contributed by atoms with Crippen molar-refractivity contribution < 1.29 is 4.79 Å². The minimum Gasteiger partial charge on any atom is -0.399 e. The maximum Gasteiger partial charge on any atom is 0.185 e. The number of hydrogen-bond donors (Lipinski definition) is 1. The van der Waals surface area contributed by atoms with E-state index < -0.39 is 0 Å². The number of rotatable bonds is 3. The molecule has 1 aromatic heterocycles. The van der Waals surface area contributed by atoms with E-state index in [1.807, 2.05) is 12.1 Å². The Hall–Kier alpha value is -2.42. The third-order valence-electron chi connectivity index (χ3n) is 2.31. The van der Waals surface area contributed by atoms with Gasteiger partial charge in [0.15, 0.2) is 5.78 Å². The fraction of sp³-hybridized carbons (Fsp3) is 0. The van der Waals surface area contributed by atoms with Gasteiger partial charge in [0.2, 0.25) is 0 Å². The molecule has 0 radical (unpaired) electrons. The van der Waals surface area contributed by atoms with Gasteiger partial charge in [-0.25, -0.2) is 0 Å². The number of benzene rings is 1. The number of anilines is 1. The van der Waals surface area contributed by atoms with Gasteiger partial charge < -0.3 is 5.73 Å². The van der Waals surface area contributed by atoms with Crippen LogP contribution in [0.5, 0.6) is 0 Å². The molecule has 2 aromatic rings. The quantitative estimate of drug-likeness (QED) is 0.495. The second kappa shape index (κ2) is 5.07. The highest BCUT2D eigenvalue weighted by Gasteiger charge is 2.00. The van der Waals surface area contributed by atoms with Crippen molar-refractivity contribution in [1.82, 2.24) is 4.98 Å². The molecule has 3 nitrogen and oxygen atoms in total. The van der Waals surface area contributed by atoms with Crippen LogP contribution in [0.2, 0.25) is 0 Å². The fourth-order valence-corrected chi connectivity index (χ4v) is 1.39. The van der Waals surface area contributed by atoms with Crippen LogP contribution in [-0.2, 0) is 0 Å². The highest BCUT2D eigenvalue weighted by atomic mass is 16.1. The standard InChI is InChI=1S/C14H12N2O/c15-13-6-4-12(5-7-13)14(17)8-3-11-2-1-9-16-10-11/h1-10H,15H2. The summed E-state index contributed by atoms with van der Waals surface area (Å²) in [6.45, 7) is 0. The normalized spacial score (nSPS) is 10.6. The zero-order chi connectivity index (χ0) is 12.1. The molecule has 0 unspecified atom stereocenters. The number of aromatic nitrogens is 1. The first kappa shape index (κ1) is 11.1. The van der Waals surface area contributed by atoms with E-state index in [2.05, 4.69) is 4.98 Å². The average molecular weight is 224 g/mol. The highest BCUT2D eigenvalue weighted by molar-refractivity contribution is 6.06. The van der Waals surface area contributed by atoms with Crippen molar-refractivity contribution in [3.8, 4) is 0 Å². The molecular formula is C14H12N2O. The minimum atomic E-state index is -0.0474. The molecule has 0 aliphatic carbocycles. The molecule has 2 rings (SSSR count). The molecule has 0 fully saturated rings. The Balaban J connectivity index is 2.12. The molecule has 0 saturated carbocycles. The Morgan fingerprint density at radius 3 is 2.59 bits per heavy atom. The van der Waals surface area contributed by atoms with E-state index in [1.165, 1.54) is 6.08 Å². The summed E-state index contributed by atoms with van der Waals surface area (Å²) >= 11 is 0. The number of hydrogen-bond acceptors (Lipinski definition) is 3. The summed E-state index contributed by atoms with van der Waals surface area (Å²) in [7, 11) is 0. The number of nitrogen functional groups attached to an aromatic ring is 1. The van der Waals surface area contributed by atoms with Crippen molar-refractivity contribution in [3.05, 3.63) is 66.0 Å². The lowest BCUT2D eigenvalue weighted by Crippen LogP contribution is -1.94. The molecule has 84 valence electrons. The predicted octanol–water partition coefficient (Wildman–Crippen LogP) is 2.56. The summed E-state index contributed by atoms with van der Waals surface area (Å²) in [5, 5.41) is 0. The second-order valence-corrected chi connectivity index (χ2v) is 3.61. The maximum absolute atomic E-state index is 11.8. The molecule has 0 saturated heterocycles. The summed E-state index contributed by atoms with van der Waals surface area (Å²) in [6.07, 6.45) is 6.67. The first-order valence-corrected chi connectivity index (χ1v) is 5.24. The van der Waals surface area contributed by atoms with E-state index in [9.17, 15) is 4.79 Å². The molecule has 17 heavy (non-hydrogen) atoms. The molecule has 0 amide bonds. The smallest absolute Gasteiger partial charge is 0.185 e. The van der Waals surface area contributed by atoms with Gasteiger partial charge in [0, 0.05) is 23.6 Å². The zero-order valence-corrected chi connectivity index (χ0v) is 9.21. The van der Waals surface area contributed by atoms with Gasteiger partial charge in [0.05, 0.1) is 0 Å². The molecule has 1 heterocycles. The van der Waals surface area contributed by atoms with E-state index in [1.54, 1.807) is 42.7 Å². The lowest BCUT2D eigenvalue weighted by atomic mass is 10.1. The van der Waals surface area contributed by atoms with E-state index in [-0.39, 0.29) is 5.78 Å². The molecule has 0 atom stereocenters. The Bertz CT molecular complexity index is 530. The SMILES string of the molecule is Nc1ccc(C(=O)C=Cc2cccnc2)cc1. The van der Waals surface area contributed by atoms with Crippen molar-refractivity contribution in [2.75, 3.05) is 5.73 Å². The van der Waals surface area contributed by atoms with Crippen molar-refractivity contribution in [2.24, 2.45) is 0 Å². The Morgan fingerprint density at radius 2 is 1.94 bits per heavy atom. The van der Waals surface area contributed by atoms with Crippen LogP contribution in [0.3, 0.4) is 0 Å². The van der Waals surface area contributed by atoms with Crippen LogP contribution in [0.15, 0.2) is 54.9 Å². The average Bonchev–Trinajstić information content (AvgIpc) is 2.38. The van der Waals surface area contributed by atoms with Crippen LogP contribution in [0.1, 0.15) is 15.9 Å². The Labute approximate surface area is 99.6 Å². The van der Waals surface area contributed by atoms with Gasteiger partial charge in [0.1, 0.15) is 0 Å². The number of carbonyl (C=O) groups is 1. The molecule has 2 N–H and O–H groups in total. The van der Waals surface area contributed by atoms with Crippen molar-refractivity contribution in [3.63, 3.8) is 0 Å². The number of ketones is 1. The van der Waals surface area contributed by atoms with E-state index in [0.717, 1.165) is 5.56 Å². The molecule has 0 spiro atoms. The molecule has 3 heteroatoms. The molecular weight excluding hydrogens is 212 g/mol. The van der Waals surface area contributed by atoms with Crippen LogP contribution in [-0.4, -0.2) is 10.8 Å². The largest absolute Gasteiger partial charge is 0.399 e. The first-order chi connectivity index (χ1) is 8.25. The molecule has 0 aliphatic rings. The molecule has 1 aromatic carbocycles. The lowest BCUT2D eigenvalue weighted by molar-refractivity contribution is 0.104. The van der Waals surface area contributed by atoms with E-state index in [0.29, 0.717) is 11.3 Å². The third kappa shape index (κ3) is 3.01. The fourth-order valence-electron chi connectivity index (χ4n) is 1.39. The van der Waals surface area contributed by atoms with Gasteiger partial charge in [-0.3, -0.25) is 9.78 Å². The maximum atomic E-state index is 11.8. The monoisotopic (exact) mass is 224 g/mol. The van der Waals surface area contributed by atoms with Crippen molar-refractivity contribution >= 4 is 17.5 Å². The van der Waals surface area contributed by atoms with Crippen molar-refractivity contribution in [2.45, 2.75) is 0 Å². The van der Waals surface area contributed by atoms with Gasteiger partial charge in [-0.15, -0.1) is 0 Å². The van der Waals surface area contributed by atoms with E-state index >= 15 is 0 Å². The van der Waals surface area contributed by atoms with Gasteiger partial charge in [0.25, 0.3) is 0 Å². The summed E-state index contributed by atoms with van der Waals surface area (Å²) in [6, 6.07) is 10.6. The van der Waals surface area contributed by atoms with E-state index in [4.69, 9.17) is 5.73 Å². The minimum absolute atomic E-state index is 0.0474. The number of nitrogens with two attached hydrogens (primary N) is 1. The van der Waals surface area contributed by atoms with Crippen LogP contribution in [0, 0.1) is 0 Å². The third-order valence-corrected chi connectivity index (χ3v) is 2.31. The van der Waals surface area contributed by atoms with Gasteiger partial charge in [-0.05, 0) is 48.0 Å². The predicted molar refractivity (Wildman–Crippen MR) is 68.5 cm³/mol. The van der Waals surface area contributed by atoms with Crippen LogP contribution < -0.4 is 5.73 Å². The Kier molecular flexibility index (Phi) is 3.31. The number of nitrogens with zero attached hydrogens (tertiary/aromatic N) is 1. The number of pyridine rings is 1. The highest BCUT2D eigenvalue weighted by Crippen LogP contribution is 2.08. The summed E-state index contributed by atoms with van der Waals surface area (Å²) in [5.74, 6) is -0.0474. The van der Waals surface area contributed by atoms with Crippen LogP contribution >= 0.6 is 0 Å². The summed E-state index contributed by atoms with van der Waals surface area (Å²) < 4.78 is 0. The lowest BCUT2D eigenvalue weighted by Gasteiger charge is -1.96. The van der Waals surface area contributed by atoms with Gasteiger partial charge in [-0.1, -0.05) is 6.07 Å². The molecule has 0 aliphatic heterocycles. The number of carbonyl (C=O) groups excluding carboxylic acids is 1. The van der Waals surface area contributed by atoms with Gasteiger partial charge >= 0.3 is 0 Å².